The van der Waals surface area contributed by atoms with E-state index in [9.17, 15) is 4.79 Å². The van der Waals surface area contributed by atoms with Crippen LogP contribution in [0.1, 0.15) is 29.0 Å². The molecular formula is C30H25ClN2O2. The number of aromatic amines is 1. The van der Waals surface area contributed by atoms with Gasteiger partial charge in [0.1, 0.15) is 11.5 Å². The quantitative estimate of drug-likeness (QED) is 0.242. The fourth-order valence-corrected chi connectivity index (χ4v) is 4.40. The Hall–Kier alpha value is -4.02. The third kappa shape index (κ3) is 5.56. The monoisotopic (exact) mass is 480 g/mol. The Morgan fingerprint density at radius 2 is 1.63 bits per heavy atom. The number of amides is 1. The van der Waals surface area contributed by atoms with Crippen molar-refractivity contribution < 1.29 is 9.53 Å². The maximum Gasteiger partial charge on any atom is 0.221 e. The molecule has 4 aromatic carbocycles. The highest BCUT2D eigenvalue weighted by Crippen LogP contribution is 2.35. The Bertz CT molecular complexity index is 1430. The van der Waals surface area contributed by atoms with Crippen LogP contribution in [0.15, 0.2) is 109 Å². The maximum atomic E-state index is 13.1. The molecule has 1 heterocycles. The molecule has 5 rings (SSSR count). The van der Waals surface area contributed by atoms with Gasteiger partial charge in [0.25, 0.3) is 0 Å². The number of ether oxygens (including phenoxy) is 1. The van der Waals surface area contributed by atoms with Crippen molar-refractivity contribution in [2.45, 2.75) is 18.9 Å². The van der Waals surface area contributed by atoms with Gasteiger partial charge in [0.05, 0.1) is 0 Å². The van der Waals surface area contributed by atoms with Crippen molar-refractivity contribution >= 4 is 28.4 Å². The highest BCUT2D eigenvalue weighted by molar-refractivity contribution is 6.30. The Morgan fingerprint density at radius 3 is 2.46 bits per heavy atom. The first-order valence-corrected chi connectivity index (χ1v) is 11.9. The molecule has 1 amide bonds. The van der Waals surface area contributed by atoms with E-state index >= 15 is 0 Å². The molecule has 5 aromatic rings. The van der Waals surface area contributed by atoms with E-state index in [4.69, 9.17) is 16.3 Å². The average molecular weight is 481 g/mol. The number of H-pyrrole nitrogens is 1. The van der Waals surface area contributed by atoms with E-state index in [-0.39, 0.29) is 11.8 Å². The van der Waals surface area contributed by atoms with Gasteiger partial charge in [-0.15, -0.1) is 0 Å². The van der Waals surface area contributed by atoms with Crippen LogP contribution in [0.4, 0.5) is 0 Å². The van der Waals surface area contributed by atoms with Gasteiger partial charge in [-0.2, -0.15) is 0 Å². The molecule has 1 aromatic heterocycles. The van der Waals surface area contributed by atoms with Crippen molar-refractivity contribution in [3.63, 3.8) is 0 Å². The van der Waals surface area contributed by atoms with Gasteiger partial charge >= 0.3 is 0 Å². The summed E-state index contributed by atoms with van der Waals surface area (Å²) in [6.45, 7) is 0.500. The van der Waals surface area contributed by atoms with E-state index in [0.717, 1.165) is 27.6 Å². The molecule has 0 aliphatic carbocycles. The molecule has 0 radical (unpaired) electrons. The molecule has 1 atom stereocenters. The Morgan fingerprint density at radius 1 is 0.857 bits per heavy atom. The zero-order chi connectivity index (χ0) is 24.0. The molecule has 0 saturated carbocycles. The molecule has 0 aliphatic rings. The van der Waals surface area contributed by atoms with Crippen LogP contribution in [0.2, 0.25) is 5.02 Å². The SMILES string of the molecule is O=C(C[C@@H](c1cccc(Oc2ccc(Cl)cc2)c1)c1c[nH]c2ccccc12)NCc1ccccc1. The number of rotatable bonds is 8. The van der Waals surface area contributed by atoms with E-state index in [2.05, 4.69) is 16.4 Å². The fraction of sp³-hybridized carbons (Fsp3) is 0.100. The highest BCUT2D eigenvalue weighted by Gasteiger charge is 2.22. The molecule has 0 bridgehead atoms. The molecule has 0 spiro atoms. The van der Waals surface area contributed by atoms with Gasteiger partial charge in [0, 0.05) is 41.0 Å². The second kappa shape index (κ2) is 10.5. The predicted molar refractivity (Wildman–Crippen MR) is 141 cm³/mol. The molecule has 5 heteroatoms. The van der Waals surface area contributed by atoms with Crippen LogP contribution in [0.5, 0.6) is 11.5 Å². The van der Waals surface area contributed by atoms with Crippen molar-refractivity contribution in [1.82, 2.24) is 10.3 Å². The Kier molecular flexibility index (Phi) is 6.82. The van der Waals surface area contributed by atoms with Crippen LogP contribution in [-0.4, -0.2) is 10.9 Å². The summed E-state index contributed by atoms with van der Waals surface area (Å²) >= 11 is 6.00. The van der Waals surface area contributed by atoms with Crippen LogP contribution >= 0.6 is 11.6 Å². The van der Waals surface area contributed by atoms with Crippen molar-refractivity contribution in [2.24, 2.45) is 0 Å². The first-order chi connectivity index (χ1) is 17.2. The van der Waals surface area contributed by atoms with Gasteiger partial charge in [-0.25, -0.2) is 0 Å². The lowest BCUT2D eigenvalue weighted by Crippen LogP contribution is -2.25. The van der Waals surface area contributed by atoms with E-state index in [0.29, 0.717) is 29.5 Å². The van der Waals surface area contributed by atoms with Crippen LogP contribution in [0.25, 0.3) is 10.9 Å². The first kappa shape index (κ1) is 22.8. The van der Waals surface area contributed by atoms with Gasteiger partial charge in [0.15, 0.2) is 0 Å². The largest absolute Gasteiger partial charge is 0.457 e. The lowest BCUT2D eigenvalue weighted by atomic mass is 9.88. The molecule has 35 heavy (non-hydrogen) atoms. The van der Waals surface area contributed by atoms with E-state index in [1.807, 2.05) is 91.1 Å². The van der Waals surface area contributed by atoms with Gasteiger partial charge in [-0.05, 0) is 59.2 Å². The fourth-order valence-electron chi connectivity index (χ4n) is 4.28. The molecular weight excluding hydrogens is 456 g/mol. The number of hydrogen-bond donors (Lipinski definition) is 2. The summed E-state index contributed by atoms with van der Waals surface area (Å²) in [7, 11) is 0. The van der Waals surface area contributed by atoms with Gasteiger partial charge in [-0.3, -0.25) is 4.79 Å². The number of nitrogens with one attached hydrogen (secondary N) is 2. The third-order valence-electron chi connectivity index (χ3n) is 6.03. The summed E-state index contributed by atoms with van der Waals surface area (Å²) in [5.74, 6) is 1.26. The Labute approximate surface area is 209 Å². The number of benzene rings is 4. The summed E-state index contributed by atoms with van der Waals surface area (Å²) in [5, 5.41) is 4.84. The summed E-state index contributed by atoms with van der Waals surface area (Å²) < 4.78 is 6.07. The van der Waals surface area contributed by atoms with E-state index in [1.165, 1.54) is 0 Å². The molecule has 4 nitrogen and oxygen atoms in total. The van der Waals surface area contributed by atoms with E-state index < -0.39 is 0 Å². The standard InChI is InChI=1S/C30H25ClN2O2/c31-23-13-15-24(16-14-23)35-25-10-6-9-22(17-25)27(28-20-32-29-12-5-4-11-26(28)29)18-30(34)33-19-21-7-2-1-3-8-21/h1-17,20,27,32H,18-19H2,(H,33,34)/t27-/m0/s1. The topological polar surface area (TPSA) is 54.1 Å². The van der Waals surface area contributed by atoms with Crippen LogP contribution in [-0.2, 0) is 11.3 Å². The van der Waals surface area contributed by atoms with Crippen molar-refractivity contribution in [3.8, 4) is 11.5 Å². The van der Waals surface area contributed by atoms with Gasteiger partial charge < -0.3 is 15.0 Å². The molecule has 0 fully saturated rings. The van der Waals surface area contributed by atoms with Gasteiger partial charge in [-0.1, -0.05) is 72.3 Å². The zero-order valence-electron chi connectivity index (χ0n) is 19.1. The molecule has 0 aliphatic heterocycles. The summed E-state index contributed by atoms with van der Waals surface area (Å²) in [6.07, 6.45) is 2.33. The lowest BCUT2D eigenvalue weighted by Gasteiger charge is -2.18. The van der Waals surface area contributed by atoms with Crippen molar-refractivity contribution in [2.75, 3.05) is 0 Å². The number of halogens is 1. The van der Waals surface area contributed by atoms with Crippen LogP contribution in [0, 0.1) is 0 Å². The normalized spacial score (nSPS) is 11.8. The predicted octanol–water partition coefficient (Wildman–Crippen LogP) is 7.45. The number of fused-ring (bicyclic) bond motifs is 1. The number of aromatic nitrogens is 1. The highest BCUT2D eigenvalue weighted by atomic mass is 35.5. The number of para-hydroxylation sites is 1. The number of carbonyl (C=O) groups excluding carboxylic acids is 1. The van der Waals surface area contributed by atoms with Gasteiger partial charge in [0.2, 0.25) is 5.91 Å². The minimum absolute atomic E-state index is 0.00634. The second-order valence-corrected chi connectivity index (χ2v) is 8.87. The molecule has 0 saturated heterocycles. The Balaban J connectivity index is 1.43. The van der Waals surface area contributed by atoms with Crippen molar-refractivity contribution in [3.05, 3.63) is 131 Å². The molecule has 2 N–H and O–H groups in total. The van der Waals surface area contributed by atoms with E-state index in [1.54, 1.807) is 12.1 Å². The smallest absolute Gasteiger partial charge is 0.221 e. The molecule has 0 unspecified atom stereocenters. The summed E-state index contributed by atoms with van der Waals surface area (Å²) in [4.78, 5) is 16.4. The lowest BCUT2D eigenvalue weighted by molar-refractivity contribution is -0.121. The summed E-state index contributed by atoms with van der Waals surface area (Å²) in [5.41, 5.74) is 4.21. The summed E-state index contributed by atoms with van der Waals surface area (Å²) in [6, 6.07) is 33.3. The maximum absolute atomic E-state index is 13.1. The average Bonchev–Trinajstić information content (AvgIpc) is 3.32. The first-order valence-electron chi connectivity index (χ1n) is 11.6. The zero-order valence-corrected chi connectivity index (χ0v) is 19.8. The third-order valence-corrected chi connectivity index (χ3v) is 6.28. The molecule has 174 valence electrons. The number of carbonyl (C=O) groups is 1. The second-order valence-electron chi connectivity index (χ2n) is 8.44. The van der Waals surface area contributed by atoms with Crippen LogP contribution < -0.4 is 10.1 Å². The minimum atomic E-state index is -0.143. The van der Waals surface area contributed by atoms with Crippen molar-refractivity contribution in [1.29, 1.82) is 0 Å². The number of hydrogen-bond acceptors (Lipinski definition) is 2. The minimum Gasteiger partial charge on any atom is -0.457 e. The van der Waals surface area contributed by atoms with Crippen LogP contribution in [0.3, 0.4) is 0 Å².